The average molecular weight is 407 g/mol. The van der Waals surface area contributed by atoms with Crippen LogP contribution in [0.15, 0.2) is 53.0 Å². The number of hydrogen-bond donors (Lipinski definition) is 2. The van der Waals surface area contributed by atoms with Gasteiger partial charge in [-0.3, -0.25) is 20.4 Å². The lowest BCUT2D eigenvalue weighted by atomic mass is 10.2. The lowest BCUT2D eigenvalue weighted by Crippen LogP contribution is -2.48. The Labute approximate surface area is 154 Å². The second-order valence-electron chi connectivity index (χ2n) is 5.33. The summed E-state index contributed by atoms with van der Waals surface area (Å²) in [6.45, 7) is 3.32. The molecule has 0 aromatic heterocycles. The van der Waals surface area contributed by atoms with Crippen molar-refractivity contribution in [3.05, 3.63) is 58.6 Å². The Balaban J connectivity index is 1.74. The molecule has 0 aliphatic heterocycles. The van der Waals surface area contributed by atoms with Crippen LogP contribution in [0.2, 0.25) is 0 Å². The van der Waals surface area contributed by atoms with E-state index in [0.29, 0.717) is 11.5 Å². The summed E-state index contributed by atoms with van der Waals surface area (Å²) in [5, 5.41) is 0. The van der Waals surface area contributed by atoms with Gasteiger partial charge in [-0.25, -0.2) is 0 Å². The SMILES string of the molecule is Cc1ccc(OCC(=O)NNC(=O)[C@H](C)Oc2ccccc2)c(Br)c1. The number of para-hydroxylation sites is 1. The van der Waals surface area contributed by atoms with E-state index in [0.717, 1.165) is 10.0 Å². The number of rotatable bonds is 6. The molecule has 2 aromatic rings. The first-order valence-electron chi connectivity index (χ1n) is 7.65. The average Bonchev–Trinajstić information content (AvgIpc) is 2.59. The van der Waals surface area contributed by atoms with Crippen molar-refractivity contribution in [1.82, 2.24) is 10.9 Å². The van der Waals surface area contributed by atoms with E-state index < -0.39 is 17.9 Å². The predicted molar refractivity (Wildman–Crippen MR) is 97.2 cm³/mol. The molecule has 6 nitrogen and oxygen atoms in total. The van der Waals surface area contributed by atoms with Gasteiger partial charge in [0.25, 0.3) is 11.8 Å². The van der Waals surface area contributed by atoms with Gasteiger partial charge in [0, 0.05) is 0 Å². The van der Waals surface area contributed by atoms with Gasteiger partial charge in [0.2, 0.25) is 0 Å². The molecule has 0 fully saturated rings. The number of hydrazine groups is 1. The first kappa shape index (κ1) is 18.8. The van der Waals surface area contributed by atoms with Crippen molar-refractivity contribution >= 4 is 27.7 Å². The van der Waals surface area contributed by atoms with Crippen LogP contribution in [0.25, 0.3) is 0 Å². The second-order valence-corrected chi connectivity index (χ2v) is 6.19. The second kappa shape index (κ2) is 9.08. The summed E-state index contributed by atoms with van der Waals surface area (Å²) in [4.78, 5) is 23.7. The smallest absolute Gasteiger partial charge is 0.279 e. The standard InChI is InChI=1S/C18H19BrN2O4/c1-12-8-9-16(15(19)10-12)24-11-17(22)20-21-18(23)13(2)25-14-6-4-3-5-7-14/h3-10,13H,11H2,1-2H3,(H,20,22)(H,21,23)/t13-/m0/s1. The molecular formula is C18H19BrN2O4. The van der Waals surface area contributed by atoms with Gasteiger partial charge in [-0.15, -0.1) is 0 Å². The number of amides is 2. The molecule has 25 heavy (non-hydrogen) atoms. The molecule has 2 rings (SSSR count). The number of nitrogens with one attached hydrogen (secondary N) is 2. The highest BCUT2D eigenvalue weighted by atomic mass is 79.9. The van der Waals surface area contributed by atoms with Crippen LogP contribution >= 0.6 is 15.9 Å². The first-order valence-corrected chi connectivity index (χ1v) is 8.44. The maximum atomic E-state index is 11.9. The van der Waals surface area contributed by atoms with E-state index in [1.54, 1.807) is 25.1 Å². The van der Waals surface area contributed by atoms with Crippen LogP contribution in [0.3, 0.4) is 0 Å². The normalized spacial score (nSPS) is 11.3. The first-order chi connectivity index (χ1) is 12.0. The Morgan fingerprint density at radius 2 is 1.84 bits per heavy atom. The molecule has 2 aromatic carbocycles. The summed E-state index contributed by atoms with van der Waals surface area (Å²) in [7, 11) is 0. The van der Waals surface area contributed by atoms with Crippen molar-refractivity contribution in [1.29, 1.82) is 0 Å². The molecule has 0 unspecified atom stereocenters. The topological polar surface area (TPSA) is 76.7 Å². The fourth-order valence-corrected chi connectivity index (χ4v) is 2.50. The van der Waals surface area contributed by atoms with Crippen LogP contribution in [0.4, 0.5) is 0 Å². The maximum absolute atomic E-state index is 11.9. The molecule has 2 N–H and O–H groups in total. The Bertz CT molecular complexity index is 737. The van der Waals surface area contributed by atoms with Crippen LogP contribution in [-0.4, -0.2) is 24.5 Å². The van der Waals surface area contributed by atoms with E-state index in [-0.39, 0.29) is 6.61 Å². The highest BCUT2D eigenvalue weighted by molar-refractivity contribution is 9.10. The van der Waals surface area contributed by atoms with E-state index in [1.807, 2.05) is 37.3 Å². The number of halogens is 1. The zero-order valence-electron chi connectivity index (χ0n) is 13.9. The lowest BCUT2D eigenvalue weighted by molar-refractivity contribution is -0.133. The third-order valence-electron chi connectivity index (χ3n) is 3.20. The molecule has 2 amide bonds. The molecule has 1 atom stereocenters. The minimum absolute atomic E-state index is 0.226. The fourth-order valence-electron chi connectivity index (χ4n) is 1.89. The van der Waals surface area contributed by atoms with Gasteiger partial charge in [0.05, 0.1) is 4.47 Å². The summed E-state index contributed by atoms with van der Waals surface area (Å²) in [6, 6.07) is 14.5. The monoisotopic (exact) mass is 406 g/mol. The number of carbonyl (C=O) groups is 2. The minimum Gasteiger partial charge on any atom is -0.483 e. The molecule has 0 radical (unpaired) electrons. The number of hydrogen-bond acceptors (Lipinski definition) is 4. The molecule has 0 aliphatic rings. The summed E-state index contributed by atoms with van der Waals surface area (Å²) in [6.07, 6.45) is -0.755. The number of aryl methyl sites for hydroxylation is 1. The van der Waals surface area contributed by atoms with Gasteiger partial charge >= 0.3 is 0 Å². The van der Waals surface area contributed by atoms with Crippen LogP contribution in [0.5, 0.6) is 11.5 Å². The van der Waals surface area contributed by atoms with Gasteiger partial charge in [-0.2, -0.15) is 0 Å². The quantitative estimate of drug-likeness (QED) is 0.723. The maximum Gasteiger partial charge on any atom is 0.279 e. The summed E-state index contributed by atoms with van der Waals surface area (Å²) in [5.41, 5.74) is 5.67. The summed E-state index contributed by atoms with van der Waals surface area (Å²) in [5.74, 6) is 0.179. The van der Waals surface area contributed by atoms with Crippen LogP contribution < -0.4 is 20.3 Å². The molecule has 0 saturated heterocycles. The number of carbonyl (C=O) groups excluding carboxylic acids is 2. The van der Waals surface area contributed by atoms with E-state index in [9.17, 15) is 9.59 Å². The molecular weight excluding hydrogens is 388 g/mol. The Kier molecular flexibility index (Phi) is 6.82. The summed E-state index contributed by atoms with van der Waals surface area (Å²) < 4.78 is 11.6. The largest absolute Gasteiger partial charge is 0.483 e. The van der Waals surface area contributed by atoms with Crippen molar-refractivity contribution in [3.63, 3.8) is 0 Å². The third-order valence-corrected chi connectivity index (χ3v) is 3.82. The lowest BCUT2D eigenvalue weighted by Gasteiger charge is -2.15. The minimum atomic E-state index is -0.755. The Hall–Kier alpha value is -2.54. The van der Waals surface area contributed by atoms with Gasteiger partial charge < -0.3 is 9.47 Å². The number of ether oxygens (including phenoxy) is 2. The molecule has 0 aliphatic carbocycles. The predicted octanol–water partition coefficient (Wildman–Crippen LogP) is 2.75. The molecule has 0 saturated carbocycles. The third kappa shape index (κ3) is 6.11. The van der Waals surface area contributed by atoms with Gasteiger partial charge in [0.1, 0.15) is 11.5 Å². The van der Waals surface area contributed by atoms with Crippen molar-refractivity contribution in [3.8, 4) is 11.5 Å². The van der Waals surface area contributed by atoms with Gasteiger partial charge in [-0.05, 0) is 59.6 Å². The van der Waals surface area contributed by atoms with Crippen molar-refractivity contribution in [2.45, 2.75) is 20.0 Å². The number of benzene rings is 2. The van der Waals surface area contributed by atoms with E-state index >= 15 is 0 Å². The molecule has 0 spiro atoms. The zero-order chi connectivity index (χ0) is 18.2. The van der Waals surface area contributed by atoms with Gasteiger partial charge in [-0.1, -0.05) is 24.3 Å². The van der Waals surface area contributed by atoms with E-state index in [1.165, 1.54) is 0 Å². The highest BCUT2D eigenvalue weighted by Gasteiger charge is 2.15. The van der Waals surface area contributed by atoms with Crippen molar-refractivity contribution in [2.24, 2.45) is 0 Å². The van der Waals surface area contributed by atoms with Crippen LogP contribution in [-0.2, 0) is 9.59 Å². The summed E-state index contributed by atoms with van der Waals surface area (Å²) >= 11 is 3.37. The van der Waals surface area contributed by atoms with Crippen LogP contribution in [0, 0.1) is 6.92 Å². The van der Waals surface area contributed by atoms with Crippen molar-refractivity contribution < 1.29 is 19.1 Å². The van der Waals surface area contributed by atoms with Gasteiger partial charge in [0.15, 0.2) is 12.7 Å². The highest BCUT2D eigenvalue weighted by Crippen LogP contribution is 2.25. The fraction of sp³-hybridized carbons (Fsp3) is 0.222. The van der Waals surface area contributed by atoms with Crippen LogP contribution in [0.1, 0.15) is 12.5 Å². The molecule has 0 bridgehead atoms. The van der Waals surface area contributed by atoms with E-state index in [2.05, 4.69) is 26.8 Å². The van der Waals surface area contributed by atoms with Crippen molar-refractivity contribution in [2.75, 3.05) is 6.61 Å². The Morgan fingerprint density at radius 3 is 2.52 bits per heavy atom. The molecule has 0 heterocycles. The molecule has 132 valence electrons. The molecule has 7 heteroatoms. The van der Waals surface area contributed by atoms with E-state index in [4.69, 9.17) is 9.47 Å². The zero-order valence-corrected chi connectivity index (χ0v) is 15.5. The Morgan fingerprint density at radius 1 is 1.12 bits per heavy atom.